The van der Waals surface area contributed by atoms with Crippen molar-refractivity contribution < 1.29 is 14.6 Å². The number of ether oxygens (including phenoxy) is 1. The molecule has 0 saturated carbocycles. The van der Waals surface area contributed by atoms with Gasteiger partial charge < -0.3 is 14.7 Å². The molecule has 1 aliphatic heterocycles. The highest BCUT2D eigenvalue weighted by atomic mass is 16.5. The number of carbonyl (C=O) groups is 1. The second kappa shape index (κ2) is 7.40. The van der Waals surface area contributed by atoms with E-state index in [1.165, 1.54) is 0 Å². The molecule has 0 radical (unpaired) electrons. The van der Waals surface area contributed by atoms with Crippen molar-refractivity contribution in [2.75, 3.05) is 13.1 Å². The minimum atomic E-state index is -1.13. The molecule has 1 saturated heterocycles. The topological polar surface area (TPSA) is 75.5 Å². The zero-order valence-corrected chi connectivity index (χ0v) is 13.6. The third kappa shape index (κ3) is 3.89. The highest BCUT2D eigenvalue weighted by molar-refractivity contribution is 5.82. The van der Waals surface area contributed by atoms with Crippen molar-refractivity contribution in [2.45, 2.75) is 32.0 Å². The standard InChI is InChI=1S/C18H21N3O3/c1-13-19-10-9-16(20-13)24-15-8-5-11-21(12-15)18(23)17(22)14-6-3-2-4-7-14/h2-4,6-7,9-10,15,17,22H,5,8,11-12H2,1H3. The third-order valence-corrected chi connectivity index (χ3v) is 4.08. The first kappa shape index (κ1) is 16.4. The van der Waals surface area contributed by atoms with Gasteiger partial charge in [0.25, 0.3) is 5.91 Å². The number of carbonyl (C=O) groups excluding carboxylic acids is 1. The van der Waals surface area contributed by atoms with E-state index in [2.05, 4.69) is 9.97 Å². The van der Waals surface area contributed by atoms with Crippen molar-refractivity contribution in [1.82, 2.24) is 14.9 Å². The molecular weight excluding hydrogens is 306 g/mol. The Bertz CT molecular complexity index is 693. The number of aliphatic hydroxyl groups excluding tert-OH is 1. The minimum absolute atomic E-state index is 0.125. The van der Waals surface area contributed by atoms with Crippen molar-refractivity contribution in [3.05, 3.63) is 54.0 Å². The maximum absolute atomic E-state index is 12.5. The zero-order chi connectivity index (χ0) is 16.9. The molecule has 126 valence electrons. The average Bonchev–Trinajstić information content (AvgIpc) is 2.61. The van der Waals surface area contributed by atoms with Crippen LogP contribution in [-0.4, -0.2) is 45.1 Å². The number of hydrogen-bond donors (Lipinski definition) is 1. The lowest BCUT2D eigenvalue weighted by Crippen LogP contribution is -2.46. The summed E-state index contributed by atoms with van der Waals surface area (Å²) in [5, 5.41) is 10.3. The molecule has 1 N–H and O–H groups in total. The molecule has 2 aromatic rings. The van der Waals surface area contributed by atoms with Gasteiger partial charge in [0.2, 0.25) is 5.88 Å². The van der Waals surface area contributed by atoms with E-state index in [9.17, 15) is 9.90 Å². The SMILES string of the molecule is Cc1nccc(OC2CCCN(C(=O)C(O)c3ccccc3)C2)n1. The molecule has 1 aromatic carbocycles. The van der Waals surface area contributed by atoms with E-state index in [1.54, 1.807) is 36.2 Å². The quantitative estimate of drug-likeness (QED) is 0.928. The summed E-state index contributed by atoms with van der Waals surface area (Å²) in [5.74, 6) is 0.884. The Morgan fingerprint density at radius 2 is 2.12 bits per heavy atom. The molecule has 24 heavy (non-hydrogen) atoms. The molecule has 1 aliphatic rings. The van der Waals surface area contributed by atoms with Gasteiger partial charge >= 0.3 is 0 Å². The average molecular weight is 327 g/mol. The summed E-state index contributed by atoms with van der Waals surface area (Å²) >= 11 is 0. The van der Waals surface area contributed by atoms with Crippen LogP contribution >= 0.6 is 0 Å². The number of nitrogens with zero attached hydrogens (tertiary/aromatic N) is 3. The fraction of sp³-hybridized carbons (Fsp3) is 0.389. The molecule has 3 rings (SSSR count). The van der Waals surface area contributed by atoms with Crippen LogP contribution in [0.1, 0.15) is 30.3 Å². The summed E-state index contributed by atoms with van der Waals surface area (Å²) in [6, 6.07) is 10.7. The molecule has 6 nitrogen and oxygen atoms in total. The second-order valence-electron chi connectivity index (χ2n) is 5.92. The van der Waals surface area contributed by atoms with Crippen LogP contribution in [0.3, 0.4) is 0 Å². The van der Waals surface area contributed by atoms with Gasteiger partial charge in [-0.25, -0.2) is 4.98 Å². The Balaban J connectivity index is 1.63. The van der Waals surface area contributed by atoms with Crippen LogP contribution in [0.25, 0.3) is 0 Å². The number of aryl methyl sites for hydroxylation is 1. The van der Waals surface area contributed by atoms with Gasteiger partial charge in [0.15, 0.2) is 6.10 Å². The summed E-state index contributed by atoms with van der Waals surface area (Å²) in [7, 11) is 0. The lowest BCUT2D eigenvalue weighted by molar-refractivity contribution is -0.143. The Labute approximate surface area is 141 Å². The summed E-state index contributed by atoms with van der Waals surface area (Å²) < 4.78 is 5.88. The normalized spacial score (nSPS) is 18.9. The third-order valence-electron chi connectivity index (χ3n) is 4.08. The van der Waals surface area contributed by atoms with E-state index in [4.69, 9.17) is 4.74 Å². The van der Waals surface area contributed by atoms with E-state index in [1.807, 2.05) is 18.2 Å². The van der Waals surface area contributed by atoms with Gasteiger partial charge in [0, 0.05) is 18.8 Å². The molecule has 0 bridgehead atoms. The number of rotatable bonds is 4. The van der Waals surface area contributed by atoms with Gasteiger partial charge in [-0.3, -0.25) is 4.79 Å². The number of piperidine rings is 1. The second-order valence-corrected chi connectivity index (χ2v) is 5.92. The lowest BCUT2D eigenvalue weighted by atomic mass is 10.0. The number of amides is 1. The summed E-state index contributed by atoms with van der Waals surface area (Å²) in [6.45, 7) is 2.89. The molecule has 1 aromatic heterocycles. The maximum Gasteiger partial charge on any atom is 0.256 e. The Hall–Kier alpha value is -2.47. The first-order valence-corrected chi connectivity index (χ1v) is 8.11. The van der Waals surface area contributed by atoms with Gasteiger partial charge in [0.05, 0.1) is 6.54 Å². The summed E-state index contributed by atoms with van der Waals surface area (Å²) in [4.78, 5) is 22.5. The zero-order valence-electron chi connectivity index (χ0n) is 13.6. The number of aromatic nitrogens is 2. The highest BCUT2D eigenvalue weighted by Crippen LogP contribution is 2.21. The molecule has 2 heterocycles. The van der Waals surface area contributed by atoms with Crippen LogP contribution < -0.4 is 4.74 Å². The first-order valence-electron chi connectivity index (χ1n) is 8.11. The number of aliphatic hydroxyl groups is 1. The molecule has 0 spiro atoms. The van der Waals surface area contributed by atoms with Gasteiger partial charge in [-0.05, 0) is 25.3 Å². The first-order chi connectivity index (χ1) is 11.6. The number of likely N-dealkylation sites (tertiary alicyclic amines) is 1. The largest absolute Gasteiger partial charge is 0.472 e. The van der Waals surface area contributed by atoms with E-state index in [0.717, 1.165) is 12.8 Å². The molecule has 1 fully saturated rings. The van der Waals surface area contributed by atoms with Crippen LogP contribution in [-0.2, 0) is 4.79 Å². The van der Waals surface area contributed by atoms with Crippen molar-refractivity contribution in [3.63, 3.8) is 0 Å². The molecule has 2 atom stereocenters. The minimum Gasteiger partial charge on any atom is -0.472 e. The van der Waals surface area contributed by atoms with E-state index in [0.29, 0.717) is 30.4 Å². The van der Waals surface area contributed by atoms with Gasteiger partial charge in [-0.2, -0.15) is 4.98 Å². The molecule has 0 aliphatic carbocycles. The monoisotopic (exact) mass is 327 g/mol. The lowest BCUT2D eigenvalue weighted by Gasteiger charge is -2.33. The van der Waals surface area contributed by atoms with Crippen molar-refractivity contribution >= 4 is 5.91 Å². The smallest absolute Gasteiger partial charge is 0.256 e. The molecule has 1 amide bonds. The van der Waals surface area contributed by atoms with Crippen LogP contribution in [0.4, 0.5) is 0 Å². The Morgan fingerprint density at radius 3 is 2.88 bits per heavy atom. The predicted molar refractivity (Wildman–Crippen MR) is 88.4 cm³/mol. The Morgan fingerprint density at radius 1 is 1.33 bits per heavy atom. The van der Waals surface area contributed by atoms with Crippen LogP contribution in [0.2, 0.25) is 0 Å². The summed E-state index contributed by atoms with van der Waals surface area (Å²) in [5.41, 5.74) is 0.608. The van der Waals surface area contributed by atoms with Crippen LogP contribution in [0.5, 0.6) is 5.88 Å². The predicted octanol–water partition coefficient (Wildman–Crippen LogP) is 1.89. The van der Waals surface area contributed by atoms with Crippen molar-refractivity contribution in [2.24, 2.45) is 0 Å². The van der Waals surface area contributed by atoms with Crippen LogP contribution in [0, 0.1) is 6.92 Å². The van der Waals surface area contributed by atoms with Crippen molar-refractivity contribution in [1.29, 1.82) is 0 Å². The van der Waals surface area contributed by atoms with Gasteiger partial charge in [0.1, 0.15) is 11.9 Å². The fourth-order valence-electron chi connectivity index (χ4n) is 2.86. The van der Waals surface area contributed by atoms with E-state index in [-0.39, 0.29) is 12.0 Å². The summed E-state index contributed by atoms with van der Waals surface area (Å²) in [6.07, 6.45) is 2.09. The fourth-order valence-corrected chi connectivity index (χ4v) is 2.86. The van der Waals surface area contributed by atoms with Gasteiger partial charge in [-0.15, -0.1) is 0 Å². The van der Waals surface area contributed by atoms with Crippen LogP contribution in [0.15, 0.2) is 42.6 Å². The number of benzene rings is 1. The molecular formula is C18H21N3O3. The number of hydrogen-bond acceptors (Lipinski definition) is 5. The highest BCUT2D eigenvalue weighted by Gasteiger charge is 2.29. The maximum atomic E-state index is 12.5. The van der Waals surface area contributed by atoms with E-state index < -0.39 is 6.10 Å². The van der Waals surface area contributed by atoms with Gasteiger partial charge in [-0.1, -0.05) is 30.3 Å². The van der Waals surface area contributed by atoms with Crippen molar-refractivity contribution in [3.8, 4) is 5.88 Å². The van der Waals surface area contributed by atoms with E-state index >= 15 is 0 Å². The molecule has 6 heteroatoms. The molecule has 2 unspecified atom stereocenters. The Kier molecular flexibility index (Phi) is 5.05.